The molecule has 0 atom stereocenters. The van der Waals surface area contributed by atoms with E-state index < -0.39 is 0 Å². The zero-order chi connectivity index (χ0) is 8.27. The molecule has 0 aliphatic heterocycles. The van der Waals surface area contributed by atoms with E-state index in [9.17, 15) is 9.59 Å². The van der Waals surface area contributed by atoms with Crippen LogP contribution < -0.4 is 5.43 Å². The number of hydrogen-bond acceptors (Lipinski definition) is 2. The van der Waals surface area contributed by atoms with Gasteiger partial charge in [0.1, 0.15) is 5.88 Å². The molecule has 1 aromatic rings. The van der Waals surface area contributed by atoms with Gasteiger partial charge in [0.2, 0.25) is 5.91 Å². The third kappa shape index (κ3) is 1.91. The molecule has 1 rings (SSSR count). The van der Waals surface area contributed by atoms with Crippen LogP contribution in [-0.4, -0.2) is 16.4 Å². The highest BCUT2D eigenvalue weighted by Crippen LogP contribution is 1.86. The molecule has 1 aromatic heterocycles. The predicted octanol–water partition coefficient (Wildman–Crippen LogP) is 0.727. The lowest BCUT2D eigenvalue weighted by Gasteiger charge is -1.98. The van der Waals surface area contributed by atoms with E-state index in [1.807, 2.05) is 0 Å². The van der Waals surface area contributed by atoms with Crippen molar-refractivity contribution in [1.82, 2.24) is 4.57 Å². The van der Waals surface area contributed by atoms with Crippen LogP contribution >= 0.6 is 11.6 Å². The van der Waals surface area contributed by atoms with E-state index in [1.54, 1.807) is 0 Å². The van der Waals surface area contributed by atoms with Crippen molar-refractivity contribution in [2.45, 2.75) is 0 Å². The standard InChI is InChI=1S/C7H6ClNO2/c8-5-7(11)9-3-1-6(10)2-4-9/h1-4H,5H2. The summed E-state index contributed by atoms with van der Waals surface area (Å²) in [5.41, 5.74) is -0.122. The summed E-state index contributed by atoms with van der Waals surface area (Å²) in [5.74, 6) is -0.324. The second-order valence-electron chi connectivity index (χ2n) is 1.97. The number of nitrogens with zero attached hydrogens (tertiary/aromatic N) is 1. The largest absolute Gasteiger partial charge is 0.293 e. The van der Waals surface area contributed by atoms with Gasteiger partial charge in [-0.15, -0.1) is 11.6 Å². The Balaban J connectivity index is 2.99. The van der Waals surface area contributed by atoms with Gasteiger partial charge in [-0.05, 0) is 0 Å². The molecule has 1 heterocycles. The first-order valence-corrected chi connectivity index (χ1v) is 3.55. The minimum Gasteiger partial charge on any atom is -0.293 e. The van der Waals surface area contributed by atoms with Crippen LogP contribution in [0.3, 0.4) is 0 Å². The Hall–Kier alpha value is -1.09. The monoisotopic (exact) mass is 171 g/mol. The Morgan fingerprint density at radius 2 is 2.00 bits per heavy atom. The number of rotatable bonds is 1. The third-order valence-electron chi connectivity index (χ3n) is 1.20. The van der Waals surface area contributed by atoms with Gasteiger partial charge in [0.25, 0.3) is 0 Å². The normalized spacial score (nSPS) is 9.55. The molecule has 0 bridgehead atoms. The summed E-state index contributed by atoms with van der Waals surface area (Å²) < 4.78 is 1.27. The Bertz CT molecular complexity index is 298. The maximum Gasteiger partial charge on any atom is 0.245 e. The summed E-state index contributed by atoms with van der Waals surface area (Å²) in [6.45, 7) is 0. The van der Waals surface area contributed by atoms with E-state index in [2.05, 4.69) is 0 Å². The minimum atomic E-state index is -0.244. The molecule has 0 N–H and O–H groups in total. The molecule has 0 spiro atoms. The number of hydrogen-bond donors (Lipinski definition) is 0. The van der Waals surface area contributed by atoms with E-state index >= 15 is 0 Å². The highest BCUT2D eigenvalue weighted by Gasteiger charge is 1.98. The van der Waals surface area contributed by atoms with Crippen LogP contribution in [0, 0.1) is 0 Å². The topological polar surface area (TPSA) is 39.1 Å². The molecule has 0 fully saturated rings. The van der Waals surface area contributed by atoms with Gasteiger partial charge < -0.3 is 0 Å². The molecule has 58 valence electrons. The number of pyridine rings is 1. The van der Waals surface area contributed by atoms with Gasteiger partial charge in [0.15, 0.2) is 5.43 Å². The van der Waals surface area contributed by atoms with Crippen molar-refractivity contribution in [3.8, 4) is 0 Å². The van der Waals surface area contributed by atoms with Crippen LogP contribution in [0.15, 0.2) is 29.3 Å². The molecule has 0 saturated carbocycles. The van der Waals surface area contributed by atoms with Crippen LogP contribution in [0.1, 0.15) is 4.79 Å². The first kappa shape index (κ1) is 8.01. The molecular formula is C7H6ClNO2. The third-order valence-corrected chi connectivity index (χ3v) is 1.43. The Kier molecular flexibility index (Phi) is 2.44. The van der Waals surface area contributed by atoms with E-state index in [1.165, 1.54) is 29.1 Å². The first-order chi connectivity index (χ1) is 5.24. The predicted molar refractivity (Wildman–Crippen MR) is 42.0 cm³/mol. The average Bonchev–Trinajstić information content (AvgIpc) is 2.05. The summed E-state index contributed by atoms with van der Waals surface area (Å²) in [6.07, 6.45) is 2.79. The van der Waals surface area contributed by atoms with E-state index in [0.29, 0.717) is 0 Å². The fourth-order valence-electron chi connectivity index (χ4n) is 0.648. The zero-order valence-electron chi connectivity index (χ0n) is 5.66. The molecule has 0 unspecified atom stereocenters. The van der Waals surface area contributed by atoms with Crippen molar-refractivity contribution in [2.75, 3.05) is 5.88 Å². The zero-order valence-corrected chi connectivity index (χ0v) is 6.41. The number of alkyl halides is 1. The molecule has 0 radical (unpaired) electrons. The molecule has 0 saturated heterocycles. The highest BCUT2D eigenvalue weighted by molar-refractivity contribution is 6.27. The second kappa shape index (κ2) is 3.34. The van der Waals surface area contributed by atoms with E-state index in [-0.39, 0.29) is 17.2 Å². The van der Waals surface area contributed by atoms with Crippen LogP contribution in [0.5, 0.6) is 0 Å². The van der Waals surface area contributed by atoms with Crippen molar-refractivity contribution in [2.24, 2.45) is 0 Å². The first-order valence-electron chi connectivity index (χ1n) is 3.01. The second-order valence-corrected chi connectivity index (χ2v) is 2.24. The van der Waals surface area contributed by atoms with E-state index in [0.717, 1.165) is 0 Å². The lowest BCUT2D eigenvalue weighted by molar-refractivity contribution is 0.0939. The number of carbonyl (C=O) groups excluding carboxylic acids is 1. The molecule has 0 amide bonds. The van der Waals surface area contributed by atoms with Crippen LogP contribution in [-0.2, 0) is 0 Å². The van der Waals surface area contributed by atoms with Crippen molar-refractivity contribution in [1.29, 1.82) is 0 Å². The molecule has 0 aliphatic carbocycles. The molecular weight excluding hydrogens is 166 g/mol. The minimum absolute atomic E-state index is 0.0805. The number of carbonyl (C=O) groups is 1. The molecule has 0 aromatic carbocycles. The Morgan fingerprint density at radius 3 is 2.45 bits per heavy atom. The van der Waals surface area contributed by atoms with Crippen LogP contribution in [0.4, 0.5) is 0 Å². The van der Waals surface area contributed by atoms with Crippen LogP contribution in [0.25, 0.3) is 0 Å². The van der Waals surface area contributed by atoms with Gasteiger partial charge in [0, 0.05) is 24.5 Å². The van der Waals surface area contributed by atoms with Gasteiger partial charge in [-0.2, -0.15) is 0 Å². The van der Waals surface area contributed by atoms with Crippen molar-refractivity contribution < 1.29 is 4.79 Å². The van der Waals surface area contributed by atoms with Gasteiger partial charge in [-0.25, -0.2) is 0 Å². The smallest absolute Gasteiger partial charge is 0.245 e. The SMILES string of the molecule is O=C(CCl)n1ccc(=O)cc1. The lowest BCUT2D eigenvalue weighted by atomic mass is 10.4. The summed E-state index contributed by atoms with van der Waals surface area (Å²) in [6, 6.07) is 2.62. The molecule has 3 nitrogen and oxygen atoms in total. The molecule has 0 aliphatic rings. The van der Waals surface area contributed by atoms with Crippen molar-refractivity contribution in [3.05, 3.63) is 34.7 Å². The van der Waals surface area contributed by atoms with Crippen LogP contribution in [0.2, 0.25) is 0 Å². The summed E-state index contributed by atoms with van der Waals surface area (Å²) in [4.78, 5) is 21.4. The molecule has 4 heteroatoms. The van der Waals surface area contributed by atoms with Gasteiger partial charge in [-0.1, -0.05) is 0 Å². The summed E-state index contributed by atoms with van der Waals surface area (Å²) >= 11 is 5.28. The maximum absolute atomic E-state index is 10.9. The highest BCUT2D eigenvalue weighted by atomic mass is 35.5. The quantitative estimate of drug-likeness (QED) is 0.585. The fraction of sp³-hybridized carbons (Fsp3) is 0.143. The Labute approximate surface area is 68.2 Å². The van der Waals surface area contributed by atoms with Gasteiger partial charge >= 0.3 is 0 Å². The maximum atomic E-state index is 10.9. The fourth-order valence-corrected chi connectivity index (χ4v) is 0.786. The van der Waals surface area contributed by atoms with Crippen molar-refractivity contribution in [3.63, 3.8) is 0 Å². The summed E-state index contributed by atoms with van der Waals surface area (Å²) in [5, 5.41) is 0. The summed E-state index contributed by atoms with van der Waals surface area (Å²) in [7, 11) is 0. The van der Waals surface area contributed by atoms with Gasteiger partial charge in [-0.3, -0.25) is 14.2 Å². The average molecular weight is 172 g/mol. The van der Waals surface area contributed by atoms with Gasteiger partial charge in [0.05, 0.1) is 0 Å². The lowest BCUT2D eigenvalue weighted by Crippen LogP contribution is -2.13. The number of aromatic nitrogens is 1. The van der Waals surface area contributed by atoms with E-state index in [4.69, 9.17) is 11.6 Å². The van der Waals surface area contributed by atoms with Crippen molar-refractivity contribution >= 4 is 17.5 Å². The molecule has 11 heavy (non-hydrogen) atoms. The Morgan fingerprint density at radius 1 is 1.45 bits per heavy atom. The number of halogens is 1.